The van der Waals surface area contributed by atoms with Gasteiger partial charge in [0.15, 0.2) is 0 Å². The molecule has 0 saturated carbocycles. The second kappa shape index (κ2) is 2.70. The SMILES string of the molecule is O=C1C=CC(C=C2C=CC=N2)=N1. The normalized spacial score (nSPS) is 22.8. The van der Waals surface area contributed by atoms with Gasteiger partial charge in [0.05, 0.1) is 11.4 Å². The van der Waals surface area contributed by atoms with Gasteiger partial charge in [0.25, 0.3) is 5.91 Å². The van der Waals surface area contributed by atoms with Crippen LogP contribution in [-0.2, 0) is 4.79 Å². The minimum absolute atomic E-state index is 0.201. The zero-order valence-electron chi connectivity index (χ0n) is 6.27. The van der Waals surface area contributed by atoms with E-state index in [1.165, 1.54) is 6.08 Å². The Bertz CT molecular complexity index is 356. The number of nitrogens with zero attached hydrogens (tertiary/aromatic N) is 2. The van der Waals surface area contributed by atoms with Crippen LogP contribution in [0, 0.1) is 0 Å². The molecule has 0 bridgehead atoms. The fraction of sp³-hybridized carbons (Fsp3) is 0. The van der Waals surface area contributed by atoms with Gasteiger partial charge in [0.1, 0.15) is 0 Å². The van der Waals surface area contributed by atoms with E-state index in [2.05, 4.69) is 9.98 Å². The molecule has 0 atom stereocenters. The van der Waals surface area contributed by atoms with Gasteiger partial charge in [-0.05, 0) is 24.3 Å². The highest BCUT2D eigenvalue weighted by atomic mass is 16.1. The summed E-state index contributed by atoms with van der Waals surface area (Å²) in [6.45, 7) is 0. The topological polar surface area (TPSA) is 41.8 Å². The van der Waals surface area contributed by atoms with Gasteiger partial charge in [-0.25, -0.2) is 4.99 Å². The van der Waals surface area contributed by atoms with Crippen LogP contribution in [0.4, 0.5) is 0 Å². The van der Waals surface area contributed by atoms with E-state index in [1.807, 2.05) is 12.2 Å². The molecule has 2 rings (SSSR count). The van der Waals surface area contributed by atoms with Crippen molar-refractivity contribution in [3.63, 3.8) is 0 Å². The Morgan fingerprint density at radius 1 is 1.25 bits per heavy atom. The summed E-state index contributed by atoms with van der Waals surface area (Å²) in [5.74, 6) is -0.201. The fourth-order valence-electron chi connectivity index (χ4n) is 0.989. The van der Waals surface area contributed by atoms with E-state index < -0.39 is 0 Å². The summed E-state index contributed by atoms with van der Waals surface area (Å²) in [4.78, 5) is 18.4. The molecule has 0 saturated heterocycles. The molecule has 12 heavy (non-hydrogen) atoms. The average Bonchev–Trinajstić information content (AvgIpc) is 2.63. The van der Waals surface area contributed by atoms with Gasteiger partial charge in [-0.3, -0.25) is 9.79 Å². The summed E-state index contributed by atoms with van der Waals surface area (Å²) in [6, 6.07) is 0. The van der Waals surface area contributed by atoms with Crippen LogP contribution in [0.25, 0.3) is 0 Å². The van der Waals surface area contributed by atoms with Crippen LogP contribution >= 0.6 is 0 Å². The third-order valence-corrected chi connectivity index (χ3v) is 1.51. The Morgan fingerprint density at radius 3 is 2.75 bits per heavy atom. The molecular weight excluding hydrogens is 152 g/mol. The van der Waals surface area contributed by atoms with Crippen LogP contribution in [-0.4, -0.2) is 17.8 Å². The van der Waals surface area contributed by atoms with Gasteiger partial charge < -0.3 is 0 Å². The van der Waals surface area contributed by atoms with Crippen LogP contribution in [0.1, 0.15) is 0 Å². The molecule has 58 valence electrons. The van der Waals surface area contributed by atoms with E-state index in [4.69, 9.17) is 0 Å². The summed E-state index contributed by atoms with van der Waals surface area (Å²) in [5, 5.41) is 0. The van der Waals surface area contributed by atoms with Crippen molar-refractivity contribution in [1.82, 2.24) is 0 Å². The minimum Gasteiger partial charge on any atom is -0.267 e. The number of hydrogen-bond acceptors (Lipinski definition) is 2. The van der Waals surface area contributed by atoms with Crippen LogP contribution in [0.5, 0.6) is 0 Å². The highest BCUT2D eigenvalue weighted by Gasteiger charge is 2.04. The van der Waals surface area contributed by atoms with Gasteiger partial charge >= 0.3 is 0 Å². The molecule has 0 aliphatic carbocycles. The lowest BCUT2D eigenvalue weighted by atomic mass is 10.3. The van der Waals surface area contributed by atoms with Gasteiger partial charge in [0, 0.05) is 12.3 Å². The molecule has 0 N–H and O–H groups in total. The summed E-state index contributed by atoms with van der Waals surface area (Å²) in [5.41, 5.74) is 1.49. The number of amides is 1. The van der Waals surface area contributed by atoms with Crippen molar-refractivity contribution in [3.8, 4) is 0 Å². The summed E-state index contributed by atoms with van der Waals surface area (Å²) < 4.78 is 0. The monoisotopic (exact) mass is 158 g/mol. The van der Waals surface area contributed by atoms with Gasteiger partial charge in [-0.1, -0.05) is 0 Å². The van der Waals surface area contributed by atoms with Crippen LogP contribution in [0.15, 0.2) is 46.1 Å². The summed E-state index contributed by atoms with van der Waals surface area (Å²) in [7, 11) is 0. The van der Waals surface area contributed by atoms with E-state index in [0.717, 1.165) is 5.70 Å². The van der Waals surface area contributed by atoms with Gasteiger partial charge in [-0.15, -0.1) is 0 Å². The number of carbonyl (C=O) groups excluding carboxylic acids is 1. The van der Waals surface area contributed by atoms with Crippen LogP contribution < -0.4 is 0 Å². The first-order chi connectivity index (χ1) is 5.84. The van der Waals surface area contributed by atoms with Crippen molar-refractivity contribution in [2.75, 3.05) is 0 Å². The van der Waals surface area contributed by atoms with Crippen LogP contribution in [0.3, 0.4) is 0 Å². The number of rotatable bonds is 1. The second-order valence-electron chi connectivity index (χ2n) is 2.41. The third kappa shape index (κ3) is 1.29. The Hall–Kier alpha value is -1.77. The van der Waals surface area contributed by atoms with Crippen molar-refractivity contribution in [1.29, 1.82) is 0 Å². The summed E-state index contributed by atoms with van der Waals surface area (Å²) >= 11 is 0. The van der Waals surface area contributed by atoms with Crippen molar-refractivity contribution in [2.24, 2.45) is 9.98 Å². The maximum atomic E-state index is 10.7. The molecule has 0 aromatic carbocycles. The Morgan fingerprint density at radius 2 is 2.17 bits per heavy atom. The van der Waals surface area contributed by atoms with E-state index in [0.29, 0.717) is 5.71 Å². The van der Waals surface area contributed by atoms with Crippen molar-refractivity contribution >= 4 is 17.8 Å². The molecule has 2 aliphatic rings. The van der Waals surface area contributed by atoms with E-state index in [9.17, 15) is 4.79 Å². The molecule has 3 heteroatoms. The first-order valence-electron chi connectivity index (χ1n) is 3.58. The highest BCUT2D eigenvalue weighted by molar-refractivity contribution is 6.18. The highest BCUT2D eigenvalue weighted by Crippen LogP contribution is 2.07. The third-order valence-electron chi connectivity index (χ3n) is 1.51. The Labute approximate surface area is 69.5 Å². The first kappa shape index (κ1) is 6.91. The lowest BCUT2D eigenvalue weighted by Crippen LogP contribution is -1.86. The van der Waals surface area contributed by atoms with Crippen molar-refractivity contribution < 1.29 is 4.79 Å². The molecule has 0 aromatic rings. The molecule has 0 aromatic heterocycles. The average molecular weight is 158 g/mol. The standard InChI is InChI=1S/C9H6N2O/c12-9-4-3-8(11-9)6-7-2-1-5-10-7/h1-6H. The predicted molar refractivity (Wildman–Crippen MR) is 47.3 cm³/mol. The van der Waals surface area contributed by atoms with Crippen molar-refractivity contribution in [2.45, 2.75) is 0 Å². The quantitative estimate of drug-likeness (QED) is 0.562. The molecule has 1 amide bonds. The van der Waals surface area contributed by atoms with Crippen molar-refractivity contribution in [3.05, 3.63) is 36.1 Å². The lowest BCUT2D eigenvalue weighted by molar-refractivity contribution is -0.113. The number of allylic oxidation sites excluding steroid dienone is 4. The molecular formula is C9H6N2O. The lowest BCUT2D eigenvalue weighted by Gasteiger charge is -1.87. The maximum absolute atomic E-state index is 10.7. The summed E-state index contributed by atoms with van der Waals surface area (Å²) in [6.07, 6.45) is 10.3. The number of carbonyl (C=O) groups is 1. The molecule has 3 nitrogen and oxygen atoms in total. The predicted octanol–water partition coefficient (Wildman–Crippen LogP) is 1.05. The fourth-order valence-corrected chi connectivity index (χ4v) is 0.989. The zero-order chi connectivity index (χ0) is 8.39. The largest absolute Gasteiger partial charge is 0.270 e. The first-order valence-corrected chi connectivity index (χ1v) is 3.58. The number of hydrogen-bond donors (Lipinski definition) is 0. The molecule has 0 fully saturated rings. The molecule has 2 heterocycles. The van der Waals surface area contributed by atoms with Gasteiger partial charge in [-0.2, -0.15) is 0 Å². The minimum atomic E-state index is -0.201. The molecule has 2 aliphatic heterocycles. The van der Waals surface area contributed by atoms with E-state index >= 15 is 0 Å². The smallest absolute Gasteiger partial charge is 0.267 e. The second-order valence-corrected chi connectivity index (χ2v) is 2.41. The zero-order valence-corrected chi connectivity index (χ0v) is 6.27. The molecule has 0 unspecified atom stereocenters. The molecule has 0 radical (unpaired) electrons. The Kier molecular flexibility index (Phi) is 1.55. The molecule has 0 spiro atoms. The van der Waals surface area contributed by atoms with E-state index in [1.54, 1.807) is 18.4 Å². The van der Waals surface area contributed by atoms with Crippen LogP contribution in [0.2, 0.25) is 0 Å². The maximum Gasteiger partial charge on any atom is 0.270 e. The number of aliphatic imine (C=N–C) groups is 2. The van der Waals surface area contributed by atoms with Gasteiger partial charge in [0.2, 0.25) is 0 Å². The van der Waals surface area contributed by atoms with E-state index in [-0.39, 0.29) is 5.91 Å². The Balaban J connectivity index is 2.23.